The molecule has 1 aromatic heterocycles. The average Bonchev–Trinajstić information content (AvgIpc) is 2.84. The van der Waals surface area contributed by atoms with Crippen molar-refractivity contribution in [2.75, 3.05) is 0 Å². The number of carboxylic acids is 1. The van der Waals surface area contributed by atoms with Crippen molar-refractivity contribution in [3.63, 3.8) is 0 Å². The van der Waals surface area contributed by atoms with Gasteiger partial charge in [-0.05, 0) is 12.8 Å². The fourth-order valence-electron chi connectivity index (χ4n) is 2.51. The van der Waals surface area contributed by atoms with Crippen molar-refractivity contribution >= 4 is 5.97 Å². The van der Waals surface area contributed by atoms with Crippen LogP contribution in [0, 0.1) is 0 Å². The Kier molecular flexibility index (Phi) is 3.27. The van der Waals surface area contributed by atoms with Gasteiger partial charge in [-0.1, -0.05) is 12.8 Å². The van der Waals surface area contributed by atoms with E-state index in [0.29, 0.717) is 12.3 Å². The molecule has 0 bridgehead atoms. The molecule has 1 saturated carbocycles. The number of rotatable bonds is 4. The Bertz CT molecular complexity index is 378. The van der Waals surface area contributed by atoms with Gasteiger partial charge in [0, 0.05) is 31.3 Å². The molecule has 88 valence electrons. The van der Waals surface area contributed by atoms with Crippen molar-refractivity contribution in [3.05, 3.63) is 17.7 Å². The van der Waals surface area contributed by atoms with Gasteiger partial charge in [-0.25, -0.2) is 4.98 Å². The summed E-state index contributed by atoms with van der Waals surface area (Å²) in [5.41, 5.74) is 1.28. The van der Waals surface area contributed by atoms with Crippen LogP contribution in [-0.4, -0.2) is 20.6 Å². The lowest BCUT2D eigenvalue weighted by molar-refractivity contribution is -0.137. The van der Waals surface area contributed by atoms with Crippen LogP contribution in [0.1, 0.15) is 49.5 Å². The number of aliphatic carboxylic acids is 1. The lowest BCUT2D eigenvalue weighted by Crippen LogP contribution is -2.07. The molecule has 1 aliphatic carbocycles. The van der Waals surface area contributed by atoms with Crippen molar-refractivity contribution < 1.29 is 9.90 Å². The first-order chi connectivity index (χ1) is 7.68. The lowest BCUT2D eigenvalue weighted by atomic mass is 10.1. The van der Waals surface area contributed by atoms with Crippen LogP contribution in [0.2, 0.25) is 0 Å². The van der Waals surface area contributed by atoms with Crippen molar-refractivity contribution in [1.29, 1.82) is 0 Å². The molecular formula is C12H18N2O2. The van der Waals surface area contributed by atoms with Gasteiger partial charge in [0.1, 0.15) is 5.82 Å². The van der Waals surface area contributed by atoms with E-state index in [-0.39, 0.29) is 6.42 Å². The van der Waals surface area contributed by atoms with Gasteiger partial charge in [0.05, 0.1) is 6.42 Å². The third kappa shape index (κ3) is 2.26. The summed E-state index contributed by atoms with van der Waals surface area (Å²) in [5.74, 6) is 0.769. The van der Waals surface area contributed by atoms with Crippen LogP contribution in [0.25, 0.3) is 0 Å². The minimum absolute atomic E-state index is 0.162. The van der Waals surface area contributed by atoms with E-state index < -0.39 is 5.97 Å². The molecule has 4 heteroatoms. The maximum absolute atomic E-state index is 10.5. The fourth-order valence-corrected chi connectivity index (χ4v) is 2.51. The van der Waals surface area contributed by atoms with E-state index in [2.05, 4.69) is 9.55 Å². The first-order valence-electron chi connectivity index (χ1n) is 5.90. The summed E-state index contributed by atoms with van der Waals surface area (Å²) in [5, 5.41) is 8.65. The van der Waals surface area contributed by atoms with Crippen LogP contribution in [0.3, 0.4) is 0 Å². The smallest absolute Gasteiger partial charge is 0.303 e. The zero-order chi connectivity index (χ0) is 11.5. The van der Waals surface area contributed by atoms with Crippen LogP contribution in [0.5, 0.6) is 0 Å². The first-order valence-corrected chi connectivity index (χ1v) is 5.90. The number of imidazole rings is 1. The third-order valence-corrected chi connectivity index (χ3v) is 3.46. The number of hydrogen-bond acceptors (Lipinski definition) is 2. The monoisotopic (exact) mass is 222 g/mol. The zero-order valence-electron chi connectivity index (χ0n) is 9.65. The van der Waals surface area contributed by atoms with Crippen LogP contribution in [0.4, 0.5) is 0 Å². The van der Waals surface area contributed by atoms with Gasteiger partial charge in [0.15, 0.2) is 0 Å². The Morgan fingerprint density at radius 3 is 2.88 bits per heavy atom. The number of carboxylic acid groups (broad SMARTS) is 1. The Morgan fingerprint density at radius 1 is 1.56 bits per heavy atom. The largest absolute Gasteiger partial charge is 0.481 e. The Morgan fingerprint density at radius 2 is 2.25 bits per heavy atom. The predicted octanol–water partition coefficient (Wildman–Crippen LogP) is 2.09. The molecule has 0 saturated heterocycles. The van der Waals surface area contributed by atoms with Gasteiger partial charge in [-0.2, -0.15) is 0 Å². The number of nitrogens with zero attached hydrogens (tertiary/aromatic N) is 2. The predicted molar refractivity (Wildman–Crippen MR) is 60.4 cm³/mol. The maximum atomic E-state index is 10.5. The molecule has 4 nitrogen and oxygen atoms in total. The third-order valence-electron chi connectivity index (χ3n) is 3.46. The van der Waals surface area contributed by atoms with Crippen LogP contribution < -0.4 is 0 Å². The normalized spacial score (nSPS) is 16.8. The summed E-state index contributed by atoms with van der Waals surface area (Å²) in [6.07, 6.45) is 7.72. The van der Waals surface area contributed by atoms with E-state index in [9.17, 15) is 4.79 Å². The summed E-state index contributed by atoms with van der Waals surface area (Å²) in [7, 11) is 2.00. The molecule has 0 radical (unpaired) electrons. The van der Waals surface area contributed by atoms with Gasteiger partial charge in [-0.3, -0.25) is 4.79 Å². The Labute approximate surface area is 95.3 Å². The molecule has 0 amide bonds. The molecule has 0 spiro atoms. The highest BCUT2D eigenvalue weighted by atomic mass is 16.4. The van der Waals surface area contributed by atoms with E-state index in [1.807, 2.05) is 13.2 Å². The molecule has 0 aliphatic heterocycles. The molecule has 2 rings (SSSR count). The second-order valence-electron chi connectivity index (χ2n) is 4.53. The van der Waals surface area contributed by atoms with Crippen molar-refractivity contribution in [2.45, 2.75) is 44.4 Å². The average molecular weight is 222 g/mol. The Balaban J connectivity index is 2.07. The Hall–Kier alpha value is -1.32. The highest BCUT2D eigenvalue weighted by Gasteiger charge is 2.21. The van der Waals surface area contributed by atoms with Crippen molar-refractivity contribution in [3.8, 4) is 0 Å². The lowest BCUT2D eigenvalue weighted by Gasteiger charge is -2.10. The molecule has 16 heavy (non-hydrogen) atoms. The fraction of sp³-hybridized carbons (Fsp3) is 0.667. The van der Waals surface area contributed by atoms with E-state index >= 15 is 0 Å². The van der Waals surface area contributed by atoms with Gasteiger partial charge in [0.25, 0.3) is 0 Å². The van der Waals surface area contributed by atoms with E-state index in [0.717, 1.165) is 5.82 Å². The number of aryl methyl sites for hydroxylation is 1. The number of hydrogen-bond donors (Lipinski definition) is 1. The molecule has 1 fully saturated rings. The molecule has 0 atom stereocenters. The van der Waals surface area contributed by atoms with Gasteiger partial charge in [-0.15, -0.1) is 0 Å². The first kappa shape index (κ1) is 11.2. The number of carbonyl (C=O) groups is 1. The standard InChI is InChI=1S/C12H18N2O2/c1-14-10(9-4-2-3-5-9)8-13-11(14)6-7-12(15)16/h8-9H,2-7H2,1H3,(H,15,16). The highest BCUT2D eigenvalue weighted by molar-refractivity contribution is 5.66. The van der Waals surface area contributed by atoms with Crippen molar-refractivity contribution in [2.24, 2.45) is 7.05 Å². The molecule has 1 N–H and O–H groups in total. The topological polar surface area (TPSA) is 55.1 Å². The molecular weight excluding hydrogens is 204 g/mol. The van der Waals surface area contributed by atoms with E-state index in [1.165, 1.54) is 31.4 Å². The van der Waals surface area contributed by atoms with Crippen LogP contribution in [0.15, 0.2) is 6.20 Å². The number of aromatic nitrogens is 2. The van der Waals surface area contributed by atoms with Crippen LogP contribution >= 0.6 is 0 Å². The van der Waals surface area contributed by atoms with Gasteiger partial charge < -0.3 is 9.67 Å². The molecule has 1 aliphatic rings. The second-order valence-corrected chi connectivity index (χ2v) is 4.53. The molecule has 1 heterocycles. The molecule has 0 aromatic carbocycles. The maximum Gasteiger partial charge on any atom is 0.303 e. The van der Waals surface area contributed by atoms with E-state index in [1.54, 1.807) is 0 Å². The minimum atomic E-state index is -0.759. The van der Waals surface area contributed by atoms with Crippen LogP contribution in [-0.2, 0) is 18.3 Å². The summed E-state index contributed by atoms with van der Waals surface area (Å²) in [6, 6.07) is 0. The van der Waals surface area contributed by atoms with Gasteiger partial charge >= 0.3 is 5.97 Å². The summed E-state index contributed by atoms with van der Waals surface area (Å²) < 4.78 is 2.08. The molecule has 1 aromatic rings. The SMILES string of the molecule is Cn1c(C2CCCC2)cnc1CCC(=O)O. The van der Waals surface area contributed by atoms with Crippen molar-refractivity contribution in [1.82, 2.24) is 9.55 Å². The molecule has 0 unspecified atom stereocenters. The second kappa shape index (κ2) is 4.68. The minimum Gasteiger partial charge on any atom is -0.481 e. The quantitative estimate of drug-likeness (QED) is 0.848. The summed E-state index contributed by atoms with van der Waals surface area (Å²) in [4.78, 5) is 14.8. The van der Waals surface area contributed by atoms with Gasteiger partial charge in [0.2, 0.25) is 0 Å². The van der Waals surface area contributed by atoms with E-state index in [4.69, 9.17) is 5.11 Å². The summed E-state index contributed by atoms with van der Waals surface area (Å²) >= 11 is 0. The summed E-state index contributed by atoms with van der Waals surface area (Å²) in [6.45, 7) is 0. The zero-order valence-corrected chi connectivity index (χ0v) is 9.65. The highest BCUT2D eigenvalue weighted by Crippen LogP contribution is 2.34.